The minimum Gasteiger partial charge on any atom is -0.502 e. The van der Waals surface area contributed by atoms with E-state index < -0.39 is 0 Å². The highest BCUT2D eigenvalue weighted by atomic mass is 16.5. The summed E-state index contributed by atoms with van der Waals surface area (Å²) in [6, 6.07) is 10.6. The van der Waals surface area contributed by atoms with E-state index >= 15 is 0 Å². The number of carbonyl (C=O) groups is 2. The number of amides is 2. The van der Waals surface area contributed by atoms with Crippen molar-refractivity contribution in [3.8, 4) is 17.2 Å². The Morgan fingerprint density at radius 2 is 1.77 bits per heavy atom. The van der Waals surface area contributed by atoms with Crippen molar-refractivity contribution in [1.29, 1.82) is 0 Å². The number of rotatable bonds is 13. The smallest absolute Gasteiger partial charge is 0.265 e. The van der Waals surface area contributed by atoms with Crippen LogP contribution in [0.15, 0.2) is 48.7 Å². The summed E-state index contributed by atoms with van der Waals surface area (Å²) in [6.07, 6.45) is 5.64. The largest absolute Gasteiger partial charge is 0.502 e. The predicted octanol–water partition coefficient (Wildman–Crippen LogP) is 1.60. The SMILES string of the molecule is COc1cc(/C=C/C(=O)NCCCn2cc(C[N+](C)(C)Cc3ccc(C(=O)NN)cc3)nn2)cc(OC)c1O. The standard InChI is InChI=1S/C27H35N7O5/c1-34(2,17-19-6-9-21(10-7-19)27(37)30-28)18-22-16-33(32-31-22)13-5-12-29-25(35)11-8-20-14-23(38-3)26(36)24(15-20)39-4/h6-11,14-16H,5,12-13,17-18H2,1-4H3,(H4-,28,29,30,31,32,35,36,37)/p+1. The van der Waals surface area contributed by atoms with Crippen LogP contribution < -0.4 is 26.1 Å². The van der Waals surface area contributed by atoms with E-state index in [-0.39, 0.29) is 29.1 Å². The zero-order chi connectivity index (χ0) is 28.4. The molecule has 0 saturated carbocycles. The summed E-state index contributed by atoms with van der Waals surface area (Å²) in [6.45, 7) is 2.52. The Bertz CT molecular complexity index is 1280. The van der Waals surface area contributed by atoms with Crippen LogP contribution in [-0.2, 0) is 24.4 Å². The van der Waals surface area contributed by atoms with E-state index in [0.29, 0.717) is 41.7 Å². The lowest BCUT2D eigenvalue weighted by Crippen LogP contribution is -2.38. The van der Waals surface area contributed by atoms with Crippen LogP contribution in [0.5, 0.6) is 17.2 Å². The Morgan fingerprint density at radius 1 is 1.10 bits per heavy atom. The van der Waals surface area contributed by atoms with Crippen molar-refractivity contribution in [3.63, 3.8) is 0 Å². The van der Waals surface area contributed by atoms with Crippen LogP contribution in [-0.4, -0.2) is 71.3 Å². The van der Waals surface area contributed by atoms with E-state index in [4.69, 9.17) is 15.3 Å². The van der Waals surface area contributed by atoms with Crippen LogP contribution >= 0.6 is 0 Å². The van der Waals surface area contributed by atoms with Crippen LogP contribution in [0.1, 0.15) is 33.6 Å². The van der Waals surface area contributed by atoms with E-state index in [1.165, 1.54) is 20.3 Å². The monoisotopic (exact) mass is 538 g/mol. The van der Waals surface area contributed by atoms with Gasteiger partial charge < -0.3 is 24.4 Å². The molecule has 0 unspecified atom stereocenters. The van der Waals surface area contributed by atoms with Crippen LogP contribution in [0.2, 0.25) is 0 Å². The normalized spacial score (nSPS) is 11.4. The molecule has 5 N–H and O–H groups in total. The van der Waals surface area contributed by atoms with Gasteiger partial charge in [-0.25, -0.2) is 5.84 Å². The lowest BCUT2D eigenvalue weighted by molar-refractivity contribution is -0.917. The maximum Gasteiger partial charge on any atom is 0.265 e. The van der Waals surface area contributed by atoms with Crippen molar-refractivity contribution in [2.45, 2.75) is 26.1 Å². The average molecular weight is 539 g/mol. The number of phenols is 1. The number of quaternary nitrogens is 1. The first-order chi connectivity index (χ1) is 18.6. The van der Waals surface area contributed by atoms with Crippen LogP contribution in [0.25, 0.3) is 6.08 Å². The molecule has 0 saturated heterocycles. The van der Waals surface area contributed by atoms with E-state index in [9.17, 15) is 14.7 Å². The number of benzene rings is 2. The van der Waals surface area contributed by atoms with Crippen molar-refractivity contribution in [1.82, 2.24) is 25.7 Å². The molecule has 12 nitrogen and oxygen atoms in total. The molecule has 0 bridgehead atoms. The van der Waals surface area contributed by atoms with E-state index in [0.717, 1.165) is 17.8 Å². The quantitative estimate of drug-likeness (QED) is 0.0639. The third-order valence-corrected chi connectivity index (χ3v) is 5.93. The number of hydrogen-bond donors (Lipinski definition) is 4. The molecule has 12 heteroatoms. The van der Waals surface area contributed by atoms with Crippen molar-refractivity contribution in [3.05, 3.63) is 71.1 Å². The molecule has 0 fully saturated rings. The zero-order valence-corrected chi connectivity index (χ0v) is 22.7. The highest BCUT2D eigenvalue weighted by Crippen LogP contribution is 2.37. The van der Waals surface area contributed by atoms with E-state index in [1.807, 2.05) is 18.3 Å². The highest BCUT2D eigenvalue weighted by Gasteiger charge is 2.19. The van der Waals surface area contributed by atoms with Crippen molar-refractivity contribution >= 4 is 17.9 Å². The Hall–Kier alpha value is -4.42. The number of ether oxygens (including phenoxy) is 2. The fourth-order valence-corrected chi connectivity index (χ4v) is 4.05. The summed E-state index contributed by atoms with van der Waals surface area (Å²) in [5, 5.41) is 21.3. The van der Waals surface area contributed by atoms with Crippen LogP contribution in [0.4, 0.5) is 0 Å². The number of nitrogens with one attached hydrogen (secondary N) is 2. The fourth-order valence-electron chi connectivity index (χ4n) is 4.05. The number of aromatic nitrogens is 3. The maximum atomic E-state index is 12.2. The number of methoxy groups -OCH3 is 2. The van der Waals surface area contributed by atoms with Gasteiger partial charge >= 0.3 is 0 Å². The van der Waals surface area contributed by atoms with Gasteiger partial charge in [-0.05, 0) is 42.3 Å². The van der Waals surface area contributed by atoms with Gasteiger partial charge in [-0.2, -0.15) is 0 Å². The fraction of sp³-hybridized carbons (Fsp3) is 0.333. The molecule has 39 heavy (non-hydrogen) atoms. The number of hydrazine groups is 1. The first kappa shape index (κ1) is 29.1. The molecule has 0 spiro atoms. The average Bonchev–Trinajstić information content (AvgIpc) is 3.36. The molecular weight excluding hydrogens is 502 g/mol. The van der Waals surface area contributed by atoms with Gasteiger partial charge in [0.15, 0.2) is 11.5 Å². The van der Waals surface area contributed by atoms with Gasteiger partial charge in [-0.15, -0.1) is 5.10 Å². The summed E-state index contributed by atoms with van der Waals surface area (Å²) in [5.74, 6) is 5.05. The number of nitrogens with zero attached hydrogens (tertiary/aromatic N) is 4. The number of nitrogen functional groups attached to an aromatic ring is 1. The molecule has 2 aromatic carbocycles. The van der Waals surface area contributed by atoms with Gasteiger partial charge in [0.1, 0.15) is 18.8 Å². The summed E-state index contributed by atoms with van der Waals surface area (Å²) < 4.78 is 12.7. The number of phenolic OH excluding ortho intramolecular Hbond substituents is 1. The van der Waals surface area contributed by atoms with Crippen molar-refractivity contribution in [2.75, 3.05) is 34.9 Å². The Morgan fingerprint density at radius 3 is 2.38 bits per heavy atom. The number of nitrogens with two attached hydrogens (primary N) is 1. The minimum absolute atomic E-state index is 0.0922. The van der Waals surface area contributed by atoms with E-state index in [1.54, 1.807) is 35.0 Å². The molecule has 0 aliphatic heterocycles. The van der Waals surface area contributed by atoms with Gasteiger partial charge in [0.25, 0.3) is 5.91 Å². The second-order valence-corrected chi connectivity index (χ2v) is 9.65. The Balaban J connectivity index is 1.44. The molecule has 208 valence electrons. The molecule has 1 aromatic heterocycles. The molecular formula is C27H36N7O5+. The first-order valence-electron chi connectivity index (χ1n) is 12.4. The lowest BCUT2D eigenvalue weighted by atomic mass is 10.1. The molecule has 0 aliphatic rings. The highest BCUT2D eigenvalue weighted by molar-refractivity contribution is 5.93. The molecule has 0 aliphatic carbocycles. The second-order valence-electron chi connectivity index (χ2n) is 9.65. The third kappa shape index (κ3) is 8.55. The van der Waals surface area contributed by atoms with Gasteiger partial charge in [0.05, 0.1) is 34.5 Å². The Kier molecular flexibility index (Phi) is 10.0. The second kappa shape index (κ2) is 13.4. The topological polar surface area (TPSA) is 154 Å². The zero-order valence-electron chi connectivity index (χ0n) is 22.7. The molecule has 1 heterocycles. The van der Waals surface area contributed by atoms with Crippen molar-refractivity contribution < 1.29 is 28.7 Å². The molecule has 2 amide bonds. The predicted molar refractivity (Wildman–Crippen MR) is 146 cm³/mol. The number of aryl methyl sites for hydroxylation is 1. The third-order valence-electron chi connectivity index (χ3n) is 5.93. The van der Waals surface area contributed by atoms with Crippen LogP contribution in [0, 0.1) is 0 Å². The van der Waals surface area contributed by atoms with Gasteiger partial charge in [0, 0.05) is 30.3 Å². The van der Waals surface area contributed by atoms with Gasteiger partial charge in [0.2, 0.25) is 11.7 Å². The number of hydrogen-bond acceptors (Lipinski definition) is 8. The molecule has 0 atom stereocenters. The summed E-state index contributed by atoms with van der Waals surface area (Å²) in [5.41, 5.74) is 5.26. The van der Waals surface area contributed by atoms with Crippen LogP contribution in [0.3, 0.4) is 0 Å². The summed E-state index contributed by atoms with van der Waals surface area (Å²) in [7, 11) is 7.10. The minimum atomic E-state index is -0.320. The van der Waals surface area contributed by atoms with Crippen molar-refractivity contribution in [2.24, 2.45) is 5.84 Å². The van der Waals surface area contributed by atoms with Gasteiger partial charge in [-0.1, -0.05) is 17.3 Å². The molecule has 3 rings (SSSR count). The Labute approximate surface area is 227 Å². The first-order valence-corrected chi connectivity index (χ1v) is 12.4. The molecule has 0 radical (unpaired) electrons. The van der Waals surface area contributed by atoms with Gasteiger partial charge in [-0.3, -0.25) is 19.7 Å². The number of aromatic hydroxyl groups is 1. The summed E-state index contributed by atoms with van der Waals surface area (Å²) in [4.78, 5) is 23.8. The maximum absolute atomic E-state index is 12.2. The summed E-state index contributed by atoms with van der Waals surface area (Å²) >= 11 is 0. The van der Waals surface area contributed by atoms with E-state index in [2.05, 4.69) is 35.1 Å². The lowest BCUT2D eigenvalue weighted by Gasteiger charge is -2.28. The number of carbonyl (C=O) groups excluding carboxylic acids is 2. The molecule has 3 aromatic rings.